The van der Waals surface area contributed by atoms with Gasteiger partial charge in [-0.1, -0.05) is 11.6 Å². The van der Waals surface area contributed by atoms with Gasteiger partial charge in [-0.05, 0) is 38.1 Å². The van der Waals surface area contributed by atoms with Crippen LogP contribution in [0.25, 0.3) is 0 Å². The van der Waals surface area contributed by atoms with Crippen LogP contribution in [-0.4, -0.2) is 41.1 Å². The topological polar surface area (TPSA) is 74.2 Å². The summed E-state index contributed by atoms with van der Waals surface area (Å²) in [5.41, 5.74) is 0.643. The lowest BCUT2D eigenvalue weighted by atomic mass is 10.3. The predicted octanol–water partition coefficient (Wildman–Crippen LogP) is 3.04. The molecule has 8 heteroatoms. The standard InChI is InChI=1S/C15H19ClN6O/c1-4-22(5-2)14-18-10-17-13(20-14)21(3)15(23)19-12-8-6-11(16)7-9-12/h6-10H,4-5H2,1-3H3,(H,19,23). The maximum absolute atomic E-state index is 12.3. The Labute approximate surface area is 140 Å². The molecule has 2 amide bonds. The lowest BCUT2D eigenvalue weighted by Gasteiger charge is -2.20. The first-order chi connectivity index (χ1) is 11.0. The van der Waals surface area contributed by atoms with Crippen molar-refractivity contribution in [2.45, 2.75) is 13.8 Å². The molecule has 0 aliphatic rings. The zero-order chi connectivity index (χ0) is 16.8. The van der Waals surface area contributed by atoms with Crippen molar-refractivity contribution in [3.05, 3.63) is 35.6 Å². The molecule has 1 aromatic carbocycles. The number of nitrogens with zero attached hydrogens (tertiary/aromatic N) is 5. The van der Waals surface area contributed by atoms with Crippen LogP contribution < -0.4 is 15.1 Å². The fourth-order valence-electron chi connectivity index (χ4n) is 1.93. The monoisotopic (exact) mass is 334 g/mol. The number of rotatable bonds is 5. The number of anilines is 3. The Kier molecular flexibility index (Phi) is 5.70. The third-order valence-electron chi connectivity index (χ3n) is 3.29. The summed E-state index contributed by atoms with van der Waals surface area (Å²) in [6.07, 6.45) is 1.40. The second-order valence-corrected chi connectivity index (χ2v) is 5.19. The minimum atomic E-state index is -0.344. The van der Waals surface area contributed by atoms with Gasteiger partial charge >= 0.3 is 6.03 Å². The molecule has 7 nitrogen and oxygen atoms in total. The molecule has 2 rings (SSSR count). The van der Waals surface area contributed by atoms with Crippen molar-refractivity contribution >= 4 is 35.2 Å². The second kappa shape index (κ2) is 7.73. The number of carbonyl (C=O) groups is 1. The summed E-state index contributed by atoms with van der Waals surface area (Å²) in [5, 5.41) is 3.37. The van der Waals surface area contributed by atoms with E-state index in [0.717, 1.165) is 13.1 Å². The highest BCUT2D eigenvalue weighted by Gasteiger charge is 2.16. The molecule has 122 valence electrons. The van der Waals surface area contributed by atoms with Gasteiger partial charge in [0.05, 0.1) is 0 Å². The first-order valence-electron chi connectivity index (χ1n) is 7.29. The largest absolute Gasteiger partial charge is 0.341 e. The van der Waals surface area contributed by atoms with Crippen molar-refractivity contribution in [3.63, 3.8) is 0 Å². The van der Waals surface area contributed by atoms with E-state index in [1.807, 2.05) is 18.7 Å². The first-order valence-corrected chi connectivity index (χ1v) is 7.67. The van der Waals surface area contributed by atoms with Gasteiger partial charge in [-0.3, -0.25) is 4.90 Å². The SMILES string of the molecule is CCN(CC)c1ncnc(N(C)C(=O)Nc2ccc(Cl)cc2)n1. The van der Waals surface area contributed by atoms with E-state index in [1.165, 1.54) is 11.2 Å². The zero-order valence-corrected chi connectivity index (χ0v) is 14.1. The highest BCUT2D eigenvalue weighted by Crippen LogP contribution is 2.15. The predicted molar refractivity (Wildman–Crippen MR) is 92.3 cm³/mol. The Balaban J connectivity index is 2.12. The maximum Gasteiger partial charge on any atom is 0.328 e. The fourth-order valence-corrected chi connectivity index (χ4v) is 2.06. The van der Waals surface area contributed by atoms with Crippen LogP contribution in [0.4, 0.5) is 22.4 Å². The molecule has 1 N–H and O–H groups in total. The molecule has 0 atom stereocenters. The summed E-state index contributed by atoms with van der Waals surface area (Å²) in [4.78, 5) is 28.2. The smallest absolute Gasteiger partial charge is 0.328 e. The van der Waals surface area contributed by atoms with Crippen molar-refractivity contribution in [1.29, 1.82) is 0 Å². The van der Waals surface area contributed by atoms with Crippen molar-refractivity contribution in [1.82, 2.24) is 15.0 Å². The Hall–Kier alpha value is -2.41. The summed E-state index contributed by atoms with van der Waals surface area (Å²) in [5.74, 6) is 0.833. The summed E-state index contributed by atoms with van der Waals surface area (Å²) in [7, 11) is 1.60. The number of carbonyl (C=O) groups excluding carboxylic acids is 1. The van der Waals surface area contributed by atoms with Crippen molar-refractivity contribution in [2.24, 2.45) is 0 Å². The van der Waals surface area contributed by atoms with Gasteiger partial charge in [-0.15, -0.1) is 0 Å². The number of nitrogens with one attached hydrogen (secondary N) is 1. The van der Waals surface area contributed by atoms with Gasteiger partial charge in [0.15, 0.2) is 0 Å². The average molecular weight is 335 g/mol. The molecule has 0 aliphatic carbocycles. The second-order valence-electron chi connectivity index (χ2n) is 4.75. The number of benzene rings is 1. The van der Waals surface area contributed by atoms with E-state index >= 15 is 0 Å². The fraction of sp³-hybridized carbons (Fsp3) is 0.333. The Bertz CT molecular complexity index is 659. The number of aromatic nitrogens is 3. The highest BCUT2D eigenvalue weighted by atomic mass is 35.5. The molecule has 0 saturated carbocycles. The molecule has 2 aromatic rings. The van der Waals surface area contributed by atoms with E-state index in [9.17, 15) is 4.79 Å². The molecule has 0 saturated heterocycles. The van der Waals surface area contributed by atoms with Gasteiger partial charge in [-0.2, -0.15) is 4.98 Å². The molecular formula is C15H19ClN6O. The number of hydrogen-bond acceptors (Lipinski definition) is 5. The van der Waals surface area contributed by atoms with Crippen LogP contribution in [0.3, 0.4) is 0 Å². The van der Waals surface area contributed by atoms with E-state index in [-0.39, 0.29) is 12.0 Å². The van der Waals surface area contributed by atoms with Gasteiger partial charge in [0.2, 0.25) is 11.9 Å². The molecule has 1 heterocycles. The molecular weight excluding hydrogens is 316 g/mol. The van der Waals surface area contributed by atoms with Crippen LogP contribution in [0.15, 0.2) is 30.6 Å². The summed E-state index contributed by atoms with van der Waals surface area (Å²) in [6, 6.07) is 6.52. The van der Waals surface area contributed by atoms with E-state index in [1.54, 1.807) is 31.3 Å². The van der Waals surface area contributed by atoms with Crippen molar-refractivity contribution < 1.29 is 4.79 Å². The van der Waals surface area contributed by atoms with Gasteiger partial charge in [-0.25, -0.2) is 14.8 Å². The molecule has 0 spiro atoms. The first kappa shape index (κ1) is 17.0. The average Bonchev–Trinajstić information content (AvgIpc) is 2.57. The van der Waals surface area contributed by atoms with Gasteiger partial charge < -0.3 is 10.2 Å². The van der Waals surface area contributed by atoms with Gasteiger partial charge in [0, 0.05) is 30.8 Å². The number of amides is 2. The number of halogens is 1. The zero-order valence-electron chi connectivity index (χ0n) is 13.3. The lowest BCUT2D eigenvalue weighted by molar-refractivity contribution is 0.257. The van der Waals surface area contributed by atoms with Crippen LogP contribution >= 0.6 is 11.6 Å². The number of urea groups is 1. The van der Waals surface area contributed by atoms with Crippen molar-refractivity contribution in [3.8, 4) is 0 Å². The highest BCUT2D eigenvalue weighted by molar-refractivity contribution is 6.30. The Morgan fingerprint density at radius 2 is 1.74 bits per heavy atom. The number of hydrogen-bond donors (Lipinski definition) is 1. The molecule has 23 heavy (non-hydrogen) atoms. The van der Waals surface area contributed by atoms with E-state index in [4.69, 9.17) is 11.6 Å². The molecule has 1 aromatic heterocycles. The van der Waals surface area contributed by atoms with Crippen LogP contribution in [-0.2, 0) is 0 Å². The van der Waals surface area contributed by atoms with Gasteiger partial charge in [0.1, 0.15) is 6.33 Å². The lowest BCUT2D eigenvalue weighted by Crippen LogP contribution is -2.33. The molecule has 0 aliphatic heterocycles. The summed E-state index contributed by atoms with van der Waals surface area (Å²) < 4.78 is 0. The third kappa shape index (κ3) is 4.29. The summed E-state index contributed by atoms with van der Waals surface area (Å²) >= 11 is 5.83. The third-order valence-corrected chi connectivity index (χ3v) is 3.54. The van der Waals surface area contributed by atoms with E-state index < -0.39 is 0 Å². The quantitative estimate of drug-likeness (QED) is 0.909. The molecule has 0 unspecified atom stereocenters. The Morgan fingerprint density at radius 3 is 2.35 bits per heavy atom. The normalized spacial score (nSPS) is 10.3. The van der Waals surface area contributed by atoms with Crippen LogP contribution in [0, 0.1) is 0 Å². The maximum atomic E-state index is 12.3. The van der Waals surface area contributed by atoms with E-state index in [2.05, 4.69) is 20.3 Å². The van der Waals surface area contributed by atoms with Crippen molar-refractivity contribution in [2.75, 3.05) is 35.3 Å². The van der Waals surface area contributed by atoms with Crippen LogP contribution in [0.2, 0.25) is 5.02 Å². The molecule has 0 radical (unpaired) electrons. The minimum Gasteiger partial charge on any atom is -0.341 e. The van der Waals surface area contributed by atoms with Crippen LogP contribution in [0.5, 0.6) is 0 Å². The Morgan fingerprint density at radius 1 is 1.13 bits per heavy atom. The summed E-state index contributed by atoms with van der Waals surface area (Å²) in [6.45, 7) is 5.59. The van der Waals surface area contributed by atoms with Crippen LogP contribution in [0.1, 0.15) is 13.8 Å². The van der Waals surface area contributed by atoms with E-state index in [0.29, 0.717) is 16.7 Å². The minimum absolute atomic E-state index is 0.286. The molecule has 0 bridgehead atoms. The molecule has 0 fully saturated rings. The van der Waals surface area contributed by atoms with Gasteiger partial charge in [0.25, 0.3) is 0 Å².